The van der Waals surface area contributed by atoms with Crippen LogP contribution >= 0.6 is 0 Å². The predicted octanol–water partition coefficient (Wildman–Crippen LogP) is 3.78. The summed E-state index contributed by atoms with van der Waals surface area (Å²) in [5.41, 5.74) is 1.22. The van der Waals surface area contributed by atoms with Gasteiger partial charge < -0.3 is 14.9 Å². The van der Waals surface area contributed by atoms with E-state index >= 15 is 0 Å². The number of benzene rings is 2. The number of hydrogen-bond donors (Lipinski definition) is 2. The molecule has 0 unspecified atom stereocenters. The van der Waals surface area contributed by atoms with Crippen LogP contribution in [0, 0.1) is 17.5 Å². The fourth-order valence-corrected chi connectivity index (χ4v) is 2.87. The normalized spacial score (nSPS) is 14.9. The van der Waals surface area contributed by atoms with Crippen molar-refractivity contribution in [2.24, 2.45) is 10.1 Å². The van der Waals surface area contributed by atoms with Crippen molar-refractivity contribution >= 4 is 28.0 Å². The zero-order valence-electron chi connectivity index (χ0n) is 12.8. The van der Waals surface area contributed by atoms with Gasteiger partial charge in [0.05, 0.1) is 11.3 Å². The van der Waals surface area contributed by atoms with Crippen molar-refractivity contribution in [3.05, 3.63) is 58.9 Å². The monoisotopic (exact) mass is 345 g/mol. The summed E-state index contributed by atoms with van der Waals surface area (Å²) in [5.74, 6) is -2.90. The van der Waals surface area contributed by atoms with Gasteiger partial charge in [-0.25, -0.2) is 18.2 Å². The summed E-state index contributed by atoms with van der Waals surface area (Å²) in [6.07, 6.45) is 0. The molecule has 1 aliphatic rings. The number of rotatable bonds is 2. The van der Waals surface area contributed by atoms with Crippen LogP contribution in [0.1, 0.15) is 11.1 Å². The lowest BCUT2D eigenvalue weighted by Crippen LogP contribution is -2.13. The van der Waals surface area contributed by atoms with E-state index in [2.05, 4.69) is 15.1 Å². The minimum absolute atomic E-state index is 0.108. The van der Waals surface area contributed by atoms with Crippen molar-refractivity contribution in [1.82, 2.24) is 4.98 Å². The first-order chi connectivity index (χ1) is 12.0. The number of nitrogens with zero attached hydrogens (tertiary/aromatic N) is 2. The van der Waals surface area contributed by atoms with Crippen LogP contribution in [0.3, 0.4) is 0 Å². The third-order valence-corrected chi connectivity index (χ3v) is 3.91. The van der Waals surface area contributed by atoms with E-state index in [1.807, 2.05) is 0 Å². The van der Waals surface area contributed by atoms with E-state index < -0.39 is 17.5 Å². The average Bonchev–Trinajstić information content (AvgIpc) is 3.05. The maximum Gasteiger partial charge on any atom is 0.199 e. The van der Waals surface area contributed by atoms with Crippen molar-refractivity contribution in [2.45, 2.75) is 0 Å². The third-order valence-electron chi connectivity index (χ3n) is 3.91. The number of aromatic amines is 1. The van der Waals surface area contributed by atoms with Gasteiger partial charge in [-0.05, 0) is 24.3 Å². The van der Waals surface area contributed by atoms with Crippen LogP contribution in [-0.4, -0.2) is 28.6 Å². The zero-order chi connectivity index (χ0) is 17.7. The van der Waals surface area contributed by atoms with Gasteiger partial charge in [0.25, 0.3) is 0 Å². The first kappa shape index (κ1) is 15.3. The molecule has 8 heteroatoms. The van der Waals surface area contributed by atoms with Crippen LogP contribution < -0.4 is 0 Å². The van der Waals surface area contributed by atoms with Crippen LogP contribution in [0.4, 0.5) is 18.9 Å². The summed E-state index contributed by atoms with van der Waals surface area (Å²) >= 11 is 0. The molecule has 0 spiro atoms. The number of oxime groups is 1. The molecule has 4 rings (SSSR count). The quantitative estimate of drug-likeness (QED) is 0.694. The second-order valence-corrected chi connectivity index (χ2v) is 5.40. The minimum Gasteiger partial charge on any atom is -0.494 e. The molecule has 1 aromatic heterocycles. The number of aromatic hydroxyl groups is 1. The molecule has 0 saturated heterocycles. The van der Waals surface area contributed by atoms with Gasteiger partial charge in [-0.2, -0.15) is 0 Å². The summed E-state index contributed by atoms with van der Waals surface area (Å²) in [4.78, 5) is 11.7. The molecule has 0 aliphatic carbocycles. The largest absolute Gasteiger partial charge is 0.494 e. The number of halogens is 3. The van der Waals surface area contributed by atoms with Crippen molar-refractivity contribution < 1.29 is 23.1 Å². The molecule has 0 fully saturated rings. The molecule has 25 heavy (non-hydrogen) atoms. The summed E-state index contributed by atoms with van der Waals surface area (Å²) in [6.45, 7) is 0. The molecule has 0 atom stereocenters. The van der Waals surface area contributed by atoms with Gasteiger partial charge in [0.15, 0.2) is 17.5 Å². The van der Waals surface area contributed by atoms with E-state index in [4.69, 9.17) is 4.84 Å². The fourth-order valence-electron chi connectivity index (χ4n) is 2.87. The molecule has 2 aromatic carbocycles. The highest BCUT2D eigenvalue weighted by Crippen LogP contribution is 2.36. The van der Waals surface area contributed by atoms with E-state index in [9.17, 15) is 18.3 Å². The van der Waals surface area contributed by atoms with Crippen molar-refractivity contribution in [3.8, 4) is 5.88 Å². The van der Waals surface area contributed by atoms with Crippen LogP contribution in [0.15, 0.2) is 40.5 Å². The Balaban J connectivity index is 2.00. The molecule has 5 nitrogen and oxygen atoms in total. The van der Waals surface area contributed by atoms with E-state index in [0.29, 0.717) is 10.9 Å². The Bertz CT molecular complexity index is 1090. The molecular formula is C17H10F3N3O2. The number of aliphatic imine (C=N–C) groups is 1. The van der Waals surface area contributed by atoms with Crippen LogP contribution in [0.2, 0.25) is 0 Å². The van der Waals surface area contributed by atoms with E-state index in [0.717, 1.165) is 12.1 Å². The smallest absolute Gasteiger partial charge is 0.199 e. The Morgan fingerprint density at radius 3 is 2.64 bits per heavy atom. The molecule has 2 heterocycles. The molecule has 0 bridgehead atoms. The number of aromatic nitrogens is 1. The Labute approximate surface area is 139 Å². The Hall–Kier alpha value is -3.29. The van der Waals surface area contributed by atoms with Crippen LogP contribution in [0.25, 0.3) is 10.9 Å². The molecule has 3 aromatic rings. The lowest BCUT2D eigenvalue weighted by molar-refractivity contribution is 0.214. The van der Waals surface area contributed by atoms with Gasteiger partial charge in [0.1, 0.15) is 24.4 Å². The molecule has 0 amide bonds. The second kappa shape index (κ2) is 5.37. The van der Waals surface area contributed by atoms with Gasteiger partial charge in [-0.15, -0.1) is 0 Å². The summed E-state index contributed by atoms with van der Waals surface area (Å²) < 4.78 is 40.8. The summed E-state index contributed by atoms with van der Waals surface area (Å²) in [7, 11) is 1.29. The Morgan fingerprint density at radius 2 is 1.88 bits per heavy atom. The Morgan fingerprint density at radius 1 is 1.12 bits per heavy atom. The van der Waals surface area contributed by atoms with Crippen molar-refractivity contribution in [1.29, 1.82) is 0 Å². The number of hydrogen-bond acceptors (Lipinski definition) is 4. The molecule has 126 valence electrons. The number of nitrogens with one attached hydrogen (secondary N) is 1. The van der Waals surface area contributed by atoms with Gasteiger partial charge in [-0.1, -0.05) is 5.16 Å². The van der Waals surface area contributed by atoms with Crippen LogP contribution in [0.5, 0.6) is 5.88 Å². The zero-order valence-corrected chi connectivity index (χ0v) is 12.8. The standard InChI is InChI=1S/C17H10F3N3O2/c1-25-23-15-9-5-10(19)11(20)6-13(9)21-16(15)14-8-4-7(18)2-3-12(8)22-17(14)24/h2-6,22,24H,1H3/b23-15+. The molecular weight excluding hydrogens is 335 g/mol. The second-order valence-electron chi connectivity index (χ2n) is 5.40. The van der Waals surface area contributed by atoms with Gasteiger partial charge in [0, 0.05) is 22.5 Å². The predicted molar refractivity (Wildman–Crippen MR) is 86.0 cm³/mol. The van der Waals surface area contributed by atoms with Gasteiger partial charge in [0.2, 0.25) is 0 Å². The van der Waals surface area contributed by atoms with Crippen molar-refractivity contribution in [3.63, 3.8) is 0 Å². The molecule has 1 aliphatic heterocycles. The fraction of sp³-hybridized carbons (Fsp3) is 0.0588. The topological polar surface area (TPSA) is 70.0 Å². The highest BCUT2D eigenvalue weighted by atomic mass is 19.2. The lowest BCUT2D eigenvalue weighted by Gasteiger charge is -2.04. The molecule has 0 radical (unpaired) electrons. The summed E-state index contributed by atoms with van der Waals surface area (Å²) in [6, 6.07) is 5.80. The van der Waals surface area contributed by atoms with Crippen LogP contribution in [-0.2, 0) is 4.84 Å². The maximum atomic E-state index is 13.6. The summed E-state index contributed by atoms with van der Waals surface area (Å²) in [5, 5.41) is 14.4. The number of H-pyrrole nitrogens is 1. The maximum absolute atomic E-state index is 13.6. The number of fused-ring (bicyclic) bond motifs is 2. The first-order valence-corrected chi connectivity index (χ1v) is 7.19. The highest BCUT2D eigenvalue weighted by Gasteiger charge is 2.30. The highest BCUT2D eigenvalue weighted by molar-refractivity contribution is 6.58. The average molecular weight is 345 g/mol. The minimum atomic E-state index is -1.06. The van der Waals surface area contributed by atoms with Crippen molar-refractivity contribution in [2.75, 3.05) is 7.11 Å². The molecule has 0 saturated carbocycles. The van der Waals surface area contributed by atoms with E-state index in [1.54, 1.807) is 0 Å². The van der Waals surface area contributed by atoms with E-state index in [1.165, 1.54) is 25.3 Å². The first-order valence-electron chi connectivity index (χ1n) is 7.19. The Kier molecular flexibility index (Phi) is 3.28. The van der Waals surface area contributed by atoms with Gasteiger partial charge in [-0.3, -0.25) is 0 Å². The van der Waals surface area contributed by atoms with Gasteiger partial charge >= 0.3 is 0 Å². The van der Waals surface area contributed by atoms with E-state index in [-0.39, 0.29) is 34.1 Å². The lowest BCUT2D eigenvalue weighted by atomic mass is 10.0. The third kappa shape index (κ3) is 2.25. The molecule has 2 N–H and O–H groups in total. The SMILES string of the molecule is CO/N=C1/C(c2c(O)[nH]c3ccc(F)cc23)=Nc2cc(F)c(F)cc21.